The van der Waals surface area contributed by atoms with Crippen molar-refractivity contribution in [2.24, 2.45) is 0 Å². The molecule has 0 bridgehead atoms. The van der Waals surface area contributed by atoms with Crippen LogP contribution in [0.2, 0.25) is 0 Å². The molecule has 2 aliphatic rings. The minimum absolute atomic E-state index is 0.110. The zero-order valence-electron chi connectivity index (χ0n) is 14.4. The van der Waals surface area contributed by atoms with Crippen molar-refractivity contribution in [2.75, 3.05) is 39.3 Å². The van der Waals surface area contributed by atoms with Crippen LogP contribution in [0.1, 0.15) is 32.1 Å². The molecule has 0 atom stereocenters. The summed E-state index contributed by atoms with van der Waals surface area (Å²) in [7, 11) is 0. The van der Waals surface area contributed by atoms with Crippen LogP contribution in [-0.2, 0) is 4.79 Å². The highest BCUT2D eigenvalue weighted by Gasteiger charge is 2.40. The fourth-order valence-corrected chi connectivity index (χ4v) is 3.94. The Morgan fingerprint density at radius 2 is 2.00 bits per heavy atom. The topological polar surface area (TPSA) is 53.6 Å². The quantitative estimate of drug-likeness (QED) is 0.781. The van der Waals surface area contributed by atoms with Gasteiger partial charge in [0.25, 0.3) is 0 Å². The van der Waals surface area contributed by atoms with Crippen LogP contribution in [0, 0.1) is 0 Å². The molecule has 1 aliphatic heterocycles. The number of rotatable bonds is 6. The van der Waals surface area contributed by atoms with Gasteiger partial charge in [0.1, 0.15) is 12.4 Å². The first kappa shape index (κ1) is 17.2. The molecule has 2 N–H and O–H groups in total. The van der Waals surface area contributed by atoms with Gasteiger partial charge in [0.15, 0.2) is 0 Å². The molecule has 3 rings (SSSR count). The summed E-state index contributed by atoms with van der Waals surface area (Å²) in [5, 5.41) is 6.52. The number of carbonyl (C=O) groups excluding carboxylic acids is 1. The summed E-state index contributed by atoms with van der Waals surface area (Å²) in [5.74, 6) is 0.952. The summed E-state index contributed by atoms with van der Waals surface area (Å²) in [6, 6.07) is 9.71. The number of amides is 1. The van der Waals surface area contributed by atoms with E-state index in [4.69, 9.17) is 4.74 Å². The van der Waals surface area contributed by atoms with Crippen molar-refractivity contribution >= 4 is 5.91 Å². The molecule has 1 aliphatic carbocycles. The third-order valence-corrected chi connectivity index (χ3v) is 5.24. The molecular weight excluding hydrogens is 302 g/mol. The smallest absolute Gasteiger partial charge is 0.234 e. The summed E-state index contributed by atoms with van der Waals surface area (Å²) in [4.78, 5) is 14.7. The van der Waals surface area contributed by atoms with E-state index in [-0.39, 0.29) is 11.4 Å². The molecule has 1 heterocycles. The number of nitrogens with zero attached hydrogens (tertiary/aromatic N) is 1. The average molecular weight is 331 g/mol. The molecule has 1 aromatic rings. The molecule has 1 aromatic carbocycles. The molecule has 5 heteroatoms. The molecule has 24 heavy (non-hydrogen) atoms. The van der Waals surface area contributed by atoms with Crippen LogP contribution in [0.15, 0.2) is 30.3 Å². The Kier molecular flexibility index (Phi) is 6.10. The number of benzene rings is 1. The predicted molar refractivity (Wildman–Crippen MR) is 95.2 cm³/mol. The molecular formula is C19H29N3O2. The Hall–Kier alpha value is -1.59. The van der Waals surface area contributed by atoms with E-state index in [0.717, 1.165) is 25.4 Å². The standard InChI is InChI=1S/C19H29N3O2/c23-18(21-12-14-24-17-7-3-1-4-8-17)15-22-13-11-20-16-19(22)9-5-2-6-10-19/h1,3-4,7-8,20H,2,5-6,9-16H2,(H,21,23). The normalized spacial score (nSPS) is 20.7. The van der Waals surface area contributed by atoms with E-state index in [1.807, 2.05) is 30.3 Å². The summed E-state index contributed by atoms with van der Waals surface area (Å²) >= 11 is 0. The zero-order valence-corrected chi connectivity index (χ0v) is 14.4. The summed E-state index contributed by atoms with van der Waals surface area (Å²) in [6.07, 6.45) is 6.32. The Morgan fingerprint density at radius 1 is 1.21 bits per heavy atom. The first-order chi connectivity index (χ1) is 11.8. The zero-order chi connectivity index (χ0) is 16.7. The lowest BCUT2D eigenvalue weighted by Crippen LogP contribution is -2.63. The second-order valence-corrected chi connectivity index (χ2v) is 6.89. The maximum atomic E-state index is 12.3. The predicted octanol–water partition coefficient (Wildman–Crippen LogP) is 1.79. The van der Waals surface area contributed by atoms with Crippen LogP contribution in [0.4, 0.5) is 0 Å². The largest absolute Gasteiger partial charge is 0.492 e. The SMILES string of the molecule is O=C(CN1CCNCC12CCCCC2)NCCOc1ccccc1. The van der Waals surface area contributed by atoms with Crippen LogP contribution in [0.25, 0.3) is 0 Å². The molecule has 132 valence electrons. The number of hydrogen-bond acceptors (Lipinski definition) is 4. The monoisotopic (exact) mass is 331 g/mol. The molecule has 1 spiro atoms. The second kappa shape index (κ2) is 8.49. The van der Waals surface area contributed by atoms with Crippen molar-refractivity contribution in [1.82, 2.24) is 15.5 Å². The summed E-state index contributed by atoms with van der Waals surface area (Å²) in [5.41, 5.74) is 0.203. The fraction of sp³-hybridized carbons (Fsp3) is 0.632. The minimum atomic E-state index is 0.110. The van der Waals surface area contributed by atoms with E-state index in [1.54, 1.807) is 0 Å². The first-order valence-corrected chi connectivity index (χ1v) is 9.19. The highest BCUT2D eigenvalue weighted by atomic mass is 16.5. The lowest BCUT2D eigenvalue weighted by atomic mass is 9.79. The van der Waals surface area contributed by atoms with E-state index >= 15 is 0 Å². The van der Waals surface area contributed by atoms with Gasteiger partial charge in [-0.3, -0.25) is 9.69 Å². The van der Waals surface area contributed by atoms with Crippen molar-refractivity contribution in [3.63, 3.8) is 0 Å². The molecule has 5 nitrogen and oxygen atoms in total. The third kappa shape index (κ3) is 4.48. The van der Waals surface area contributed by atoms with Crippen LogP contribution in [-0.4, -0.2) is 55.7 Å². The maximum absolute atomic E-state index is 12.3. The summed E-state index contributed by atoms with van der Waals surface area (Å²) < 4.78 is 5.62. The summed E-state index contributed by atoms with van der Waals surface area (Å²) in [6.45, 7) is 4.53. The van der Waals surface area contributed by atoms with Gasteiger partial charge in [-0.15, -0.1) is 0 Å². The molecule has 0 radical (unpaired) electrons. The minimum Gasteiger partial charge on any atom is -0.492 e. The van der Waals surface area contributed by atoms with Crippen molar-refractivity contribution in [1.29, 1.82) is 0 Å². The number of carbonyl (C=O) groups is 1. The van der Waals surface area contributed by atoms with Gasteiger partial charge in [-0.1, -0.05) is 37.5 Å². The Morgan fingerprint density at radius 3 is 2.79 bits per heavy atom. The number of piperazine rings is 1. The fourth-order valence-electron chi connectivity index (χ4n) is 3.94. The number of hydrogen-bond donors (Lipinski definition) is 2. The van der Waals surface area contributed by atoms with Gasteiger partial charge in [0.2, 0.25) is 5.91 Å². The van der Waals surface area contributed by atoms with Crippen LogP contribution in [0.3, 0.4) is 0 Å². The highest BCUT2D eigenvalue weighted by Crippen LogP contribution is 2.34. The molecule has 2 fully saturated rings. The number of ether oxygens (including phenoxy) is 1. The first-order valence-electron chi connectivity index (χ1n) is 9.19. The van der Waals surface area contributed by atoms with Crippen molar-refractivity contribution in [3.05, 3.63) is 30.3 Å². The van der Waals surface area contributed by atoms with E-state index in [0.29, 0.717) is 19.7 Å². The van der Waals surface area contributed by atoms with Crippen molar-refractivity contribution in [2.45, 2.75) is 37.6 Å². The average Bonchev–Trinajstić information content (AvgIpc) is 2.63. The Bertz CT molecular complexity index is 506. The van der Waals surface area contributed by atoms with Gasteiger partial charge in [0, 0.05) is 25.2 Å². The lowest BCUT2D eigenvalue weighted by molar-refractivity contribution is -0.125. The van der Waals surface area contributed by atoms with E-state index in [1.165, 1.54) is 32.1 Å². The van der Waals surface area contributed by atoms with Gasteiger partial charge in [-0.2, -0.15) is 0 Å². The molecule has 1 saturated carbocycles. The third-order valence-electron chi connectivity index (χ3n) is 5.24. The van der Waals surface area contributed by atoms with Gasteiger partial charge < -0.3 is 15.4 Å². The van der Waals surface area contributed by atoms with Gasteiger partial charge in [-0.05, 0) is 25.0 Å². The lowest BCUT2D eigenvalue weighted by Gasteiger charge is -2.49. The van der Waals surface area contributed by atoms with Crippen LogP contribution < -0.4 is 15.4 Å². The maximum Gasteiger partial charge on any atom is 0.234 e. The molecule has 1 amide bonds. The van der Waals surface area contributed by atoms with Crippen LogP contribution in [0.5, 0.6) is 5.75 Å². The van der Waals surface area contributed by atoms with Crippen LogP contribution >= 0.6 is 0 Å². The van der Waals surface area contributed by atoms with E-state index in [9.17, 15) is 4.79 Å². The second-order valence-electron chi connectivity index (χ2n) is 6.89. The van der Waals surface area contributed by atoms with E-state index in [2.05, 4.69) is 15.5 Å². The Labute approximate surface area is 144 Å². The van der Waals surface area contributed by atoms with Gasteiger partial charge >= 0.3 is 0 Å². The molecule has 0 aromatic heterocycles. The highest BCUT2D eigenvalue weighted by molar-refractivity contribution is 5.78. The number of para-hydroxylation sites is 1. The number of nitrogens with one attached hydrogen (secondary N) is 2. The van der Waals surface area contributed by atoms with E-state index < -0.39 is 0 Å². The Balaban J connectivity index is 1.42. The van der Waals surface area contributed by atoms with Crippen molar-refractivity contribution in [3.8, 4) is 5.75 Å². The van der Waals surface area contributed by atoms with Crippen molar-refractivity contribution < 1.29 is 9.53 Å². The molecule has 1 saturated heterocycles. The van der Waals surface area contributed by atoms with Gasteiger partial charge in [0.05, 0.1) is 13.1 Å². The van der Waals surface area contributed by atoms with Gasteiger partial charge in [-0.25, -0.2) is 0 Å². The molecule has 0 unspecified atom stereocenters.